The summed E-state index contributed by atoms with van der Waals surface area (Å²) in [5.41, 5.74) is 2.94. The van der Waals surface area contributed by atoms with E-state index in [0.29, 0.717) is 31.1 Å². The first kappa shape index (κ1) is 18.5. The third-order valence-electron chi connectivity index (χ3n) is 6.50. The first-order valence-electron chi connectivity index (χ1n) is 10.6. The van der Waals surface area contributed by atoms with Gasteiger partial charge in [-0.05, 0) is 48.1 Å². The summed E-state index contributed by atoms with van der Waals surface area (Å²) < 4.78 is 3.21. The summed E-state index contributed by atoms with van der Waals surface area (Å²) in [5, 5.41) is 1.22. The van der Waals surface area contributed by atoms with Crippen LogP contribution in [0, 0.1) is 5.92 Å². The van der Waals surface area contributed by atoms with Gasteiger partial charge < -0.3 is 9.47 Å². The van der Waals surface area contributed by atoms with E-state index in [2.05, 4.69) is 35.3 Å². The van der Waals surface area contributed by atoms with E-state index in [4.69, 9.17) is 0 Å². The monoisotopic (exact) mass is 427 g/mol. The van der Waals surface area contributed by atoms with Gasteiger partial charge in [0.05, 0.1) is 0 Å². The molecule has 3 aromatic heterocycles. The Balaban J connectivity index is 1.43. The number of likely N-dealkylation sites (tertiary alicyclic amines) is 1. The van der Waals surface area contributed by atoms with Crippen LogP contribution in [0.25, 0.3) is 20.5 Å². The van der Waals surface area contributed by atoms with Crippen LogP contribution in [0.2, 0.25) is 0 Å². The summed E-state index contributed by atoms with van der Waals surface area (Å²) in [4.78, 5) is 33.0. The topological polar surface area (TPSA) is 55.2 Å². The quantitative estimate of drug-likeness (QED) is 0.477. The number of pyridine rings is 2. The number of carbonyl (C=O) groups excluding carboxylic acids is 1. The highest BCUT2D eigenvalue weighted by atomic mass is 32.1. The highest BCUT2D eigenvalue weighted by Crippen LogP contribution is 2.42. The second-order valence-corrected chi connectivity index (χ2v) is 9.56. The molecule has 1 saturated heterocycles. The van der Waals surface area contributed by atoms with Crippen LogP contribution in [0.4, 0.5) is 0 Å². The van der Waals surface area contributed by atoms with Crippen molar-refractivity contribution in [2.45, 2.75) is 18.9 Å². The third kappa shape index (κ3) is 3.10. The predicted molar refractivity (Wildman–Crippen MR) is 123 cm³/mol. The molecule has 0 unspecified atom stereocenters. The molecule has 5 nitrogen and oxygen atoms in total. The molecule has 6 rings (SSSR count). The van der Waals surface area contributed by atoms with Crippen molar-refractivity contribution in [3.63, 3.8) is 0 Å². The van der Waals surface area contributed by atoms with Crippen molar-refractivity contribution in [1.29, 1.82) is 0 Å². The van der Waals surface area contributed by atoms with Crippen LogP contribution >= 0.6 is 11.3 Å². The maximum Gasteiger partial charge on any atom is 0.253 e. The van der Waals surface area contributed by atoms with Crippen LogP contribution in [-0.4, -0.2) is 33.4 Å². The zero-order valence-corrected chi connectivity index (χ0v) is 17.7. The normalized spacial score (nSPS) is 19.9. The summed E-state index contributed by atoms with van der Waals surface area (Å²) in [7, 11) is 0. The number of amides is 1. The van der Waals surface area contributed by atoms with E-state index in [1.165, 1.54) is 15.0 Å². The lowest BCUT2D eigenvalue weighted by Gasteiger charge is -2.43. The van der Waals surface area contributed by atoms with Crippen molar-refractivity contribution in [3.8, 4) is 10.4 Å². The van der Waals surface area contributed by atoms with Crippen molar-refractivity contribution in [2.75, 3.05) is 13.1 Å². The van der Waals surface area contributed by atoms with Gasteiger partial charge in [0.2, 0.25) is 0 Å². The number of carbonyl (C=O) groups is 1. The lowest BCUT2D eigenvalue weighted by Crippen LogP contribution is -2.49. The first-order chi connectivity index (χ1) is 15.2. The number of piperidine rings is 1. The standard InChI is InChI=1S/C25H21N3O2S/c29-23-6-5-20(22-12-18-3-1-2-4-21(18)31-22)24-19-11-16(14-28(23)24)13-27(15-19)25(30)17-7-9-26-10-8-17/h1-10,12,16,19H,11,13-15H2/t16-,19+/m0/s1. The van der Waals surface area contributed by atoms with Crippen molar-refractivity contribution in [1.82, 2.24) is 14.5 Å². The lowest BCUT2D eigenvalue weighted by molar-refractivity contribution is 0.0595. The van der Waals surface area contributed by atoms with Crippen molar-refractivity contribution >= 4 is 27.3 Å². The van der Waals surface area contributed by atoms with E-state index < -0.39 is 0 Å². The average molecular weight is 428 g/mol. The molecule has 2 atom stereocenters. The molecule has 1 amide bonds. The predicted octanol–water partition coefficient (Wildman–Crippen LogP) is 4.38. The van der Waals surface area contributed by atoms with Crippen LogP contribution in [-0.2, 0) is 6.54 Å². The van der Waals surface area contributed by atoms with E-state index in [0.717, 1.165) is 17.7 Å². The third-order valence-corrected chi connectivity index (χ3v) is 7.64. The van der Waals surface area contributed by atoms with Crippen molar-refractivity contribution in [3.05, 3.63) is 88.6 Å². The molecule has 0 radical (unpaired) electrons. The van der Waals surface area contributed by atoms with E-state index in [9.17, 15) is 9.59 Å². The molecule has 154 valence electrons. The maximum absolute atomic E-state index is 13.1. The fourth-order valence-corrected chi connectivity index (χ4v) is 6.28. The molecule has 2 bridgehead atoms. The second-order valence-electron chi connectivity index (χ2n) is 8.47. The Morgan fingerprint density at radius 2 is 1.84 bits per heavy atom. The van der Waals surface area contributed by atoms with Gasteiger partial charge in [-0.15, -0.1) is 11.3 Å². The number of aromatic nitrogens is 2. The molecule has 0 N–H and O–H groups in total. The zero-order chi connectivity index (χ0) is 20.9. The largest absolute Gasteiger partial charge is 0.338 e. The average Bonchev–Trinajstić information content (AvgIpc) is 3.24. The molecule has 4 aromatic rings. The van der Waals surface area contributed by atoms with Crippen molar-refractivity contribution in [2.24, 2.45) is 5.92 Å². The minimum absolute atomic E-state index is 0.0484. The van der Waals surface area contributed by atoms with Crippen LogP contribution in [0.1, 0.15) is 28.4 Å². The van der Waals surface area contributed by atoms with Gasteiger partial charge in [0.15, 0.2) is 0 Å². The maximum atomic E-state index is 13.1. The molecule has 31 heavy (non-hydrogen) atoms. The molecule has 2 aliphatic rings. The minimum Gasteiger partial charge on any atom is -0.338 e. The number of hydrogen-bond donors (Lipinski definition) is 0. The summed E-state index contributed by atoms with van der Waals surface area (Å²) in [5.74, 6) is 0.507. The van der Waals surface area contributed by atoms with E-state index in [-0.39, 0.29) is 17.4 Å². The Bertz CT molecular complexity index is 1330. The molecule has 0 saturated carbocycles. The van der Waals surface area contributed by atoms with Gasteiger partial charge >= 0.3 is 0 Å². The highest BCUT2D eigenvalue weighted by Gasteiger charge is 2.38. The molecule has 0 aliphatic carbocycles. The molecule has 1 aromatic carbocycles. The highest BCUT2D eigenvalue weighted by molar-refractivity contribution is 7.22. The van der Waals surface area contributed by atoms with Gasteiger partial charge in [0.25, 0.3) is 11.5 Å². The van der Waals surface area contributed by atoms with Gasteiger partial charge in [-0.25, -0.2) is 0 Å². The molecule has 2 aliphatic heterocycles. The molecular weight excluding hydrogens is 406 g/mol. The Morgan fingerprint density at radius 3 is 2.68 bits per heavy atom. The summed E-state index contributed by atoms with van der Waals surface area (Å²) in [6.45, 7) is 2.00. The number of nitrogens with zero attached hydrogens (tertiary/aromatic N) is 3. The van der Waals surface area contributed by atoms with Crippen LogP contribution in [0.3, 0.4) is 0 Å². The number of benzene rings is 1. The van der Waals surface area contributed by atoms with Crippen molar-refractivity contribution < 1.29 is 4.79 Å². The fourth-order valence-electron chi connectivity index (χ4n) is 5.18. The van der Waals surface area contributed by atoms with Crippen LogP contribution in [0.15, 0.2) is 71.8 Å². The van der Waals surface area contributed by atoms with Gasteiger partial charge in [-0.1, -0.05) is 18.2 Å². The molecule has 5 heterocycles. The SMILES string of the molecule is O=C(c1ccncc1)N1C[C@@H]2C[C@H](C1)c1c(-c3cc4ccccc4s3)ccc(=O)n1C2. The van der Waals surface area contributed by atoms with E-state index in [1.54, 1.807) is 41.9 Å². The summed E-state index contributed by atoms with van der Waals surface area (Å²) in [6.07, 6.45) is 4.33. The molecule has 0 spiro atoms. The van der Waals surface area contributed by atoms with Gasteiger partial charge in [0, 0.05) is 70.4 Å². The first-order valence-corrected chi connectivity index (χ1v) is 11.4. The van der Waals surface area contributed by atoms with Gasteiger partial charge in [-0.3, -0.25) is 14.6 Å². The van der Waals surface area contributed by atoms with Crippen LogP contribution in [0.5, 0.6) is 0 Å². The fraction of sp³-hybridized carbons (Fsp3) is 0.240. The number of thiophene rings is 1. The second kappa shape index (κ2) is 7.17. The molecule has 6 heteroatoms. The smallest absolute Gasteiger partial charge is 0.253 e. The van der Waals surface area contributed by atoms with E-state index in [1.807, 2.05) is 15.5 Å². The summed E-state index contributed by atoms with van der Waals surface area (Å²) >= 11 is 1.76. The minimum atomic E-state index is 0.0484. The number of fused-ring (bicyclic) bond motifs is 5. The van der Waals surface area contributed by atoms with Gasteiger partial charge in [0.1, 0.15) is 0 Å². The van der Waals surface area contributed by atoms with Crippen LogP contribution < -0.4 is 5.56 Å². The molecule has 1 fully saturated rings. The Kier molecular flexibility index (Phi) is 4.28. The zero-order valence-electron chi connectivity index (χ0n) is 16.9. The lowest BCUT2D eigenvalue weighted by atomic mass is 9.81. The Morgan fingerprint density at radius 1 is 1.00 bits per heavy atom. The number of rotatable bonds is 2. The number of hydrogen-bond acceptors (Lipinski definition) is 4. The Hall–Kier alpha value is -3.25. The summed E-state index contributed by atoms with van der Waals surface area (Å²) in [6, 6.07) is 17.8. The van der Waals surface area contributed by atoms with Gasteiger partial charge in [-0.2, -0.15) is 0 Å². The van der Waals surface area contributed by atoms with E-state index >= 15 is 0 Å². The Labute approximate surface area is 183 Å². The molecular formula is C25H21N3O2S.